The molecule has 2 amide bonds. The van der Waals surface area contributed by atoms with E-state index in [0.717, 1.165) is 50.6 Å². The van der Waals surface area contributed by atoms with Gasteiger partial charge in [-0.05, 0) is 31.2 Å². The third-order valence-corrected chi connectivity index (χ3v) is 5.10. The lowest BCUT2D eigenvalue weighted by molar-refractivity contribution is -0.142. The Balaban J connectivity index is 1.57. The molecule has 0 radical (unpaired) electrons. The molecular weight excluding hydrogens is 288 g/mol. The number of carbonyl (C=O) groups is 2. The first-order chi connectivity index (χ1) is 11.3. The standard InChI is InChI=1S/C19H26N2O2/c22-18(20-14-15-8-3-1-4-9-15)17-12-7-13-21(17)19(23)16-10-5-2-6-11-16/h1,3-4,8-9,16-17H,2,5-7,10-14H2,(H,20,22)/t17-/m0/s1. The van der Waals surface area contributed by atoms with Crippen molar-refractivity contribution in [2.24, 2.45) is 5.92 Å². The van der Waals surface area contributed by atoms with Crippen molar-refractivity contribution in [3.05, 3.63) is 35.9 Å². The summed E-state index contributed by atoms with van der Waals surface area (Å²) < 4.78 is 0. The maximum Gasteiger partial charge on any atom is 0.243 e. The van der Waals surface area contributed by atoms with Crippen molar-refractivity contribution < 1.29 is 9.59 Å². The normalized spacial score (nSPS) is 22.1. The van der Waals surface area contributed by atoms with E-state index in [1.54, 1.807) is 0 Å². The lowest BCUT2D eigenvalue weighted by Crippen LogP contribution is -2.47. The summed E-state index contributed by atoms with van der Waals surface area (Å²) in [5.74, 6) is 0.351. The Morgan fingerprint density at radius 1 is 1.00 bits per heavy atom. The van der Waals surface area contributed by atoms with E-state index >= 15 is 0 Å². The number of nitrogens with zero attached hydrogens (tertiary/aromatic N) is 1. The minimum absolute atomic E-state index is 0.00416. The lowest BCUT2D eigenvalue weighted by Gasteiger charge is -2.30. The summed E-state index contributed by atoms with van der Waals surface area (Å²) in [5, 5.41) is 3.00. The fraction of sp³-hybridized carbons (Fsp3) is 0.579. The third-order valence-electron chi connectivity index (χ3n) is 5.10. The van der Waals surface area contributed by atoms with Crippen LogP contribution >= 0.6 is 0 Å². The molecule has 4 heteroatoms. The van der Waals surface area contributed by atoms with Crippen molar-refractivity contribution in [3.63, 3.8) is 0 Å². The van der Waals surface area contributed by atoms with E-state index in [9.17, 15) is 9.59 Å². The van der Waals surface area contributed by atoms with Gasteiger partial charge >= 0.3 is 0 Å². The molecule has 0 spiro atoms. The average molecular weight is 314 g/mol. The zero-order chi connectivity index (χ0) is 16.1. The Hall–Kier alpha value is -1.84. The number of hydrogen-bond donors (Lipinski definition) is 1. The van der Waals surface area contributed by atoms with Gasteiger partial charge in [-0.25, -0.2) is 0 Å². The van der Waals surface area contributed by atoms with Gasteiger partial charge in [-0.3, -0.25) is 9.59 Å². The van der Waals surface area contributed by atoms with E-state index < -0.39 is 0 Å². The summed E-state index contributed by atoms with van der Waals surface area (Å²) in [5.41, 5.74) is 1.09. The van der Waals surface area contributed by atoms with Crippen LogP contribution in [-0.2, 0) is 16.1 Å². The van der Waals surface area contributed by atoms with Crippen LogP contribution in [0.5, 0.6) is 0 Å². The Morgan fingerprint density at radius 3 is 2.48 bits per heavy atom. The summed E-state index contributed by atoms with van der Waals surface area (Å²) in [6.45, 7) is 1.26. The Bertz CT molecular complexity index is 538. The second-order valence-electron chi connectivity index (χ2n) is 6.73. The molecule has 0 bridgehead atoms. The van der Waals surface area contributed by atoms with Gasteiger partial charge in [0.25, 0.3) is 0 Å². The molecule has 1 saturated heterocycles. The van der Waals surface area contributed by atoms with E-state index in [-0.39, 0.29) is 23.8 Å². The van der Waals surface area contributed by atoms with E-state index in [1.165, 1.54) is 6.42 Å². The van der Waals surface area contributed by atoms with E-state index in [0.29, 0.717) is 6.54 Å². The molecule has 0 aromatic heterocycles. The summed E-state index contributed by atoms with van der Waals surface area (Å²) in [7, 11) is 0. The van der Waals surface area contributed by atoms with Gasteiger partial charge in [0.05, 0.1) is 0 Å². The third kappa shape index (κ3) is 3.92. The monoisotopic (exact) mass is 314 g/mol. The number of hydrogen-bond acceptors (Lipinski definition) is 2. The molecule has 23 heavy (non-hydrogen) atoms. The van der Waals surface area contributed by atoms with Gasteiger partial charge in [-0.1, -0.05) is 49.6 Å². The van der Waals surface area contributed by atoms with E-state index in [4.69, 9.17) is 0 Å². The number of rotatable bonds is 4. The number of carbonyl (C=O) groups excluding carboxylic acids is 2. The largest absolute Gasteiger partial charge is 0.350 e. The van der Waals surface area contributed by atoms with Crippen molar-refractivity contribution in [3.8, 4) is 0 Å². The summed E-state index contributed by atoms with van der Waals surface area (Å²) in [4.78, 5) is 27.1. The fourth-order valence-corrected chi connectivity index (χ4v) is 3.79. The fourth-order valence-electron chi connectivity index (χ4n) is 3.79. The second-order valence-corrected chi connectivity index (χ2v) is 6.73. The highest BCUT2D eigenvalue weighted by atomic mass is 16.2. The van der Waals surface area contributed by atoms with Crippen molar-refractivity contribution in [1.82, 2.24) is 10.2 Å². The van der Waals surface area contributed by atoms with Crippen molar-refractivity contribution in [1.29, 1.82) is 0 Å². The summed E-state index contributed by atoms with van der Waals surface area (Å²) in [6, 6.07) is 9.63. The topological polar surface area (TPSA) is 49.4 Å². The smallest absolute Gasteiger partial charge is 0.243 e. The molecule has 1 aliphatic carbocycles. The molecule has 1 saturated carbocycles. The van der Waals surface area contributed by atoms with Gasteiger partial charge in [-0.15, -0.1) is 0 Å². The number of nitrogens with one attached hydrogen (secondary N) is 1. The minimum atomic E-state index is -0.270. The molecule has 3 rings (SSSR count). The molecule has 0 unspecified atom stereocenters. The molecule has 1 aliphatic heterocycles. The molecule has 1 heterocycles. The van der Waals surface area contributed by atoms with Crippen LogP contribution < -0.4 is 5.32 Å². The highest BCUT2D eigenvalue weighted by molar-refractivity contribution is 5.89. The van der Waals surface area contributed by atoms with Crippen LogP contribution in [0, 0.1) is 5.92 Å². The maximum absolute atomic E-state index is 12.7. The highest BCUT2D eigenvalue weighted by Crippen LogP contribution is 2.28. The Kier molecular flexibility index (Phi) is 5.31. The highest BCUT2D eigenvalue weighted by Gasteiger charge is 2.37. The number of amides is 2. The van der Waals surface area contributed by atoms with Crippen LogP contribution in [0.1, 0.15) is 50.5 Å². The predicted octanol–water partition coefficient (Wildman–Crippen LogP) is 2.87. The van der Waals surface area contributed by atoms with E-state index in [2.05, 4.69) is 5.32 Å². The second kappa shape index (κ2) is 7.62. The minimum Gasteiger partial charge on any atom is -0.350 e. The Morgan fingerprint density at radius 2 is 1.74 bits per heavy atom. The predicted molar refractivity (Wildman–Crippen MR) is 89.6 cm³/mol. The van der Waals surface area contributed by atoms with Gasteiger partial charge in [0, 0.05) is 19.0 Å². The number of likely N-dealkylation sites (tertiary alicyclic amines) is 1. The molecule has 1 aromatic rings. The maximum atomic E-state index is 12.7. The van der Waals surface area contributed by atoms with Gasteiger partial charge in [-0.2, -0.15) is 0 Å². The zero-order valence-corrected chi connectivity index (χ0v) is 13.7. The molecule has 124 valence electrons. The van der Waals surface area contributed by atoms with Gasteiger partial charge in [0.2, 0.25) is 11.8 Å². The number of benzene rings is 1. The summed E-state index contributed by atoms with van der Waals surface area (Å²) >= 11 is 0. The van der Waals surface area contributed by atoms with Gasteiger partial charge in [0.1, 0.15) is 6.04 Å². The molecule has 1 aromatic carbocycles. The van der Waals surface area contributed by atoms with Crippen molar-refractivity contribution in [2.75, 3.05) is 6.54 Å². The quantitative estimate of drug-likeness (QED) is 0.929. The van der Waals surface area contributed by atoms with Crippen LogP contribution in [0.2, 0.25) is 0 Å². The van der Waals surface area contributed by atoms with Crippen LogP contribution in [0.4, 0.5) is 0 Å². The first-order valence-corrected chi connectivity index (χ1v) is 8.88. The van der Waals surface area contributed by atoms with Gasteiger partial charge in [0.15, 0.2) is 0 Å². The van der Waals surface area contributed by atoms with Crippen LogP contribution in [0.25, 0.3) is 0 Å². The van der Waals surface area contributed by atoms with Gasteiger partial charge < -0.3 is 10.2 Å². The van der Waals surface area contributed by atoms with Crippen molar-refractivity contribution >= 4 is 11.8 Å². The summed E-state index contributed by atoms with van der Waals surface area (Å²) in [6.07, 6.45) is 7.25. The lowest BCUT2D eigenvalue weighted by atomic mass is 9.88. The van der Waals surface area contributed by atoms with Crippen molar-refractivity contribution in [2.45, 2.75) is 57.5 Å². The molecular formula is C19H26N2O2. The average Bonchev–Trinajstić information content (AvgIpc) is 3.10. The first kappa shape index (κ1) is 16.0. The molecule has 4 nitrogen and oxygen atoms in total. The Labute approximate surface area is 138 Å². The van der Waals surface area contributed by atoms with Crippen LogP contribution in [0.3, 0.4) is 0 Å². The molecule has 1 atom stereocenters. The molecule has 2 fully saturated rings. The SMILES string of the molecule is O=C(NCc1ccccc1)[C@@H]1CCCN1C(=O)C1CCCCC1. The zero-order valence-electron chi connectivity index (χ0n) is 13.7. The van der Waals surface area contributed by atoms with Crippen LogP contribution in [-0.4, -0.2) is 29.3 Å². The molecule has 2 aliphatic rings. The van der Waals surface area contributed by atoms with Crippen LogP contribution in [0.15, 0.2) is 30.3 Å². The van der Waals surface area contributed by atoms with E-state index in [1.807, 2.05) is 35.2 Å². The molecule has 1 N–H and O–H groups in total. The first-order valence-electron chi connectivity index (χ1n) is 8.88.